The van der Waals surface area contributed by atoms with Gasteiger partial charge in [-0.3, -0.25) is 0 Å². The summed E-state index contributed by atoms with van der Waals surface area (Å²) >= 11 is 14.4. The third-order valence-electron chi connectivity index (χ3n) is 0. The van der Waals surface area contributed by atoms with Crippen LogP contribution in [0.25, 0.3) is 0 Å². The average Bonchev–Trinajstić information content (AvgIpc) is 1.25. The van der Waals surface area contributed by atoms with Crippen molar-refractivity contribution >= 4 is 34.8 Å². The Kier molecular flexibility index (Phi) is 11.4. The highest BCUT2D eigenvalue weighted by Crippen LogP contribution is 2.03. The molecule has 0 bridgehead atoms. The van der Waals surface area contributed by atoms with Gasteiger partial charge in [0.15, 0.2) is 4.30 Å². The minimum atomic E-state index is -0.750. The normalized spacial score (nSPS) is 9.00. The van der Waals surface area contributed by atoms with E-state index in [-0.39, 0.29) is 0 Å². The number of hydrogen-bond donors (Lipinski definition) is 0. The van der Waals surface area contributed by atoms with Crippen LogP contribution in [0.3, 0.4) is 0 Å². The maximum absolute atomic E-state index is 4.81. The van der Waals surface area contributed by atoms with Crippen LogP contribution in [-0.2, 0) is 0 Å². The van der Waals surface area contributed by atoms with Gasteiger partial charge in [-0.1, -0.05) is 34.8 Å². The van der Waals surface area contributed by atoms with Gasteiger partial charge in [-0.2, -0.15) is 0 Å². The second-order valence-electron chi connectivity index (χ2n) is 1.59. The summed E-state index contributed by atoms with van der Waals surface area (Å²) in [7, 11) is 6.00. The Morgan fingerprint density at radius 2 is 1.00 bits per heavy atom. The molecule has 0 aromatic heterocycles. The first kappa shape index (κ1) is 11.6. The Balaban J connectivity index is 0. The molecule has 0 spiro atoms. The van der Waals surface area contributed by atoms with Gasteiger partial charge < -0.3 is 4.90 Å². The summed E-state index contributed by atoms with van der Waals surface area (Å²) in [5.41, 5.74) is 0. The van der Waals surface area contributed by atoms with Crippen LogP contribution in [0.2, 0.25) is 0 Å². The van der Waals surface area contributed by atoms with E-state index in [1.807, 2.05) is 26.0 Å². The summed E-state index contributed by atoms with van der Waals surface area (Å²) in [6.07, 6.45) is 0. The summed E-state index contributed by atoms with van der Waals surface area (Å²) < 4.78 is -0.750. The molecular formula is C4H10Cl3N. The first-order valence-corrected chi connectivity index (χ1v) is 3.31. The van der Waals surface area contributed by atoms with Crippen molar-refractivity contribution < 1.29 is 0 Å². The Hall–Kier alpha value is 0.830. The van der Waals surface area contributed by atoms with Crippen molar-refractivity contribution in [1.82, 2.24) is 4.90 Å². The van der Waals surface area contributed by atoms with Crippen LogP contribution in [0.4, 0.5) is 0 Å². The zero-order valence-corrected chi connectivity index (χ0v) is 7.43. The highest BCUT2D eigenvalue weighted by Gasteiger charge is 1.78. The standard InChI is InChI=1S/C3H9N.CHCl3/c1-4(2)3;2-1(3)4/h1-3H3;1H. The van der Waals surface area contributed by atoms with Gasteiger partial charge in [-0.15, -0.1) is 0 Å². The molecule has 0 aliphatic heterocycles. The Bertz CT molecular complexity index is 26.8. The zero-order valence-electron chi connectivity index (χ0n) is 5.16. The fraction of sp³-hybridized carbons (Fsp3) is 1.00. The van der Waals surface area contributed by atoms with Crippen molar-refractivity contribution in [2.75, 3.05) is 21.1 Å². The predicted molar refractivity (Wildman–Crippen MR) is 41.0 cm³/mol. The minimum Gasteiger partial charge on any atom is -0.312 e. The van der Waals surface area contributed by atoms with Crippen molar-refractivity contribution in [3.05, 3.63) is 0 Å². The van der Waals surface area contributed by atoms with Crippen molar-refractivity contribution in [3.63, 3.8) is 0 Å². The van der Waals surface area contributed by atoms with Gasteiger partial charge in [0.1, 0.15) is 0 Å². The molecule has 0 aliphatic carbocycles. The Morgan fingerprint density at radius 1 is 1.00 bits per heavy atom. The van der Waals surface area contributed by atoms with E-state index in [0.717, 1.165) is 0 Å². The minimum absolute atomic E-state index is 0.750. The fourth-order valence-corrected chi connectivity index (χ4v) is 0. The second kappa shape index (κ2) is 7.83. The molecule has 4 heteroatoms. The summed E-state index contributed by atoms with van der Waals surface area (Å²) in [6, 6.07) is 0. The maximum Gasteiger partial charge on any atom is 0.180 e. The molecule has 0 amide bonds. The lowest BCUT2D eigenvalue weighted by Crippen LogP contribution is -1.99. The van der Waals surface area contributed by atoms with Crippen LogP contribution >= 0.6 is 34.8 Å². The van der Waals surface area contributed by atoms with E-state index < -0.39 is 4.30 Å². The summed E-state index contributed by atoms with van der Waals surface area (Å²) in [6.45, 7) is 0. The quantitative estimate of drug-likeness (QED) is 0.514. The van der Waals surface area contributed by atoms with E-state index >= 15 is 0 Å². The lowest BCUT2D eigenvalue weighted by Gasteiger charge is -1.90. The molecule has 0 saturated heterocycles. The SMILES string of the molecule is CN(C)C.ClC(Cl)Cl. The molecule has 0 aliphatic rings. The summed E-state index contributed by atoms with van der Waals surface area (Å²) in [4.78, 5) is 2.00. The lowest BCUT2D eigenvalue weighted by molar-refractivity contribution is 0.505. The highest BCUT2D eigenvalue weighted by atomic mass is 35.6. The van der Waals surface area contributed by atoms with Crippen molar-refractivity contribution in [2.45, 2.75) is 4.30 Å². The smallest absolute Gasteiger partial charge is 0.180 e. The van der Waals surface area contributed by atoms with E-state index in [1.54, 1.807) is 0 Å². The van der Waals surface area contributed by atoms with Gasteiger partial charge in [-0.25, -0.2) is 0 Å². The number of nitrogens with zero attached hydrogens (tertiary/aromatic N) is 1. The summed E-state index contributed by atoms with van der Waals surface area (Å²) in [5, 5.41) is 0. The van der Waals surface area contributed by atoms with E-state index in [1.165, 1.54) is 0 Å². The van der Waals surface area contributed by atoms with E-state index in [2.05, 4.69) is 0 Å². The number of alkyl halides is 3. The molecule has 0 aromatic rings. The molecule has 0 atom stereocenters. The molecule has 52 valence electrons. The van der Waals surface area contributed by atoms with Crippen LogP contribution in [0.1, 0.15) is 0 Å². The maximum atomic E-state index is 4.81. The van der Waals surface area contributed by atoms with Gasteiger partial charge in [-0.05, 0) is 21.1 Å². The molecular weight excluding hydrogens is 168 g/mol. The molecule has 0 radical (unpaired) electrons. The fourth-order valence-electron chi connectivity index (χ4n) is 0. The monoisotopic (exact) mass is 177 g/mol. The van der Waals surface area contributed by atoms with Crippen molar-refractivity contribution in [3.8, 4) is 0 Å². The van der Waals surface area contributed by atoms with Crippen LogP contribution < -0.4 is 0 Å². The molecule has 0 rings (SSSR count). The summed E-state index contributed by atoms with van der Waals surface area (Å²) in [5.74, 6) is 0. The van der Waals surface area contributed by atoms with Crippen molar-refractivity contribution in [1.29, 1.82) is 0 Å². The van der Waals surface area contributed by atoms with E-state index in [9.17, 15) is 0 Å². The van der Waals surface area contributed by atoms with Gasteiger partial charge in [0, 0.05) is 0 Å². The lowest BCUT2D eigenvalue weighted by atomic mass is 11.0. The second-order valence-corrected chi connectivity index (χ2v) is 3.57. The van der Waals surface area contributed by atoms with Crippen LogP contribution in [0.15, 0.2) is 0 Å². The van der Waals surface area contributed by atoms with Crippen LogP contribution in [0.5, 0.6) is 0 Å². The molecule has 0 N–H and O–H groups in total. The molecule has 0 saturated carbocycles. The molecule has 1 nitrogen and oxygen atoms in total. The number of hydrogen-bond acceptors (Lipinski definition) is 1. The molecule has 0 unspecified atom stereocenters. The zero-order chi connectivity index (χ0) is 7.15. The third kappa shape index (κ3) is 337. The molecule has 0 aromatic carbocycles. The molecule has 8 heavy (non-hydrogen) atoms. The van der Waals surface area contributed by atoms with E-state index in [4.69, 9.17) is 34.8 Å². The predicted octanol–water partition coefficient (Wildman–Crippen LogP) is 2.16. The van der Waals surface area contributed by atoms with Gasteiger partial charge in [0.2, 0.25) is 0 Å². The highest BCUT2D eigenvalue weighted by molar-refractivity contribution is 6.63. The van der Waals surface area contributed by atoms with Crippen molar-refractivity contribution in [2.24, 2.45) is 0 Å². The van der Waals surface area contributed by atoms with Crippen LogP contribution in [-0.4, -0.2) is 30.3 Å². The number of halogens is 3. The Labute approximate surface area is 65.5 Å². The van der Waals surface area contributed by atoms with Crippen LogP contribution in [0, 0.1) is 0 Å². The van der Waals surface area contributed by atoms with E-state index in [0.29, 0.717) is 0 Å². The third-order valence-corrected chi connectivity index (χ3v) is 0. The topological polar surface area (TPSA) is 3.24 Å². The first-order chi connectivity index (χ1) is 3.46. The first-order valence-electron chi connectivity index (χ1n) is 2.00. The van der Waals surface area contributed by atoms with Gasteiger partial charge >= 0.3 is 0 Å². The largest absolute Gasteiger partial charge is 0.312 e. The molecule has 0 fully saturated rings. The van der Waals surface area contributed by atoms with Gasteiger partial charge in [0.25, 0.3) is 0 Å². The average molecular weight is 178 g/mol. The Morgan fingerprint density at radius 3 is 1.00 bits per heavy atom. The number of rotatable bonds is 0. The molecule has 0 heterocycles. The van der Waals surface area contributed by atoms with Gasteiger partial charge in [0.05, 0.1) is 0 Å².